The van der Waals surface area contributed by atoms with Gasteiger partial charge >= 0.3 is 0 Å². The molecule has 6 nitrogen and oxygen atoms in total. The minimum atomic E-state index is 0.108. The number of anilines is 1. The number of hydrogen-bond donors (Lipinski definition) is 2. The molecule has 6 heteroatoms. The lowest BCUT2D eigenvalue weighted by atomic mass is 10.3. The average molecular weight is 249 g/mol. The monoisotopic (exact) mass is 249 g/mol. The average Bonchev–Trinajstić information content (AvgIpc) is 2.41. The molecule has 0 aromatic carbocycles. The minimum absolute atomic E-state index is 0.108. The largest absolute Gasteiger partial charge is 0.360 e. The highest BCUT2D eigenvalue weighted by molar-refractivity contribution is 5.80. The number of nitrogens with one attached hydrogen (secondary N) is 2. The van der Waals surface area contributed by atoms with E-state index in [1.54, 1.807) is 6.20 Å². The van der Waals surface area contributed by atoms with E-state index >= 15 is 0 Å². The van der Waals surface area contributed by atoms with Crippen LogP contribution < -0.4 is 10.6 Å². The molecule has 2 heterocycles. The number of nitrogens with zero attached hydrogens (tertiary/aromatic N) is 3. The Morgan fingerprint density at radius 2 is 2.11 bits per heavy atom. The van der Waals surface area contributed by atoms with Gasteiger partial charge in [-0.15, -0.1) is 0 Å². The number of carbonyl (C=O) groups excluding carboxylic acids is 1. The van der Waals surface area contributed by atoms with Crippen LogP contribution in [0.1, 0.15) is 11.4 Å². The summed E-state index contributed by atoms with van der Waals surface area (Å²) in [5.74, 6) is 0.762. The fraction of sp³-hybridized carbons (Fsp3) is 0.583. The predicted molar refractivity (Wildman–Crippen MR) is 69.4 cm³/mol. The maximum atomic E-state index is 11.9. The van der Waals surface area contributed by atoms with Crippen molar-refractivity contribution in [2.75, 3.05) is 38.0 Å². The van der Waals surface area contributed by atoms with Gasteiger partial charge < -0.3 is 15.5 Å². The Kier molecular flexibility index (Phi) is 4.09. The zero-order valence-electron chi connectivity index (χ0n) is 10.9. The predicted octanol–water partition coefficient (Wildman–Crippen LogP) is -0.0629. The third-order valence-corrected chi connectivity index (χ3v) is 3.08. The summed E-state index contributed by atoms with van der Waals surface area (Å²) in [6, 6.07) is 0. The molecule has 1 aromatic rings. The van der Waals surface area contributed by atoms with E-state index in [-0.39, 0.29) is 12.5 Å². The topological polar surface area (TPSA) is 70.2 Å². The number of amides is 1. The molecule has 2 rings (SSSR count). The van der Waals surface area contributed by atoms with E-state index in [9.17, 15) is 4.79 Å². The lowest BCUT2D eigenvalue weighted by molar-refractivity contribution is -0.129. The van der Waals surface area contributed by atoms with Crippen LogP contribution in [0.15, 0.2) is 6.20 Å². The van der Waals surface area contributed by atoms with Gasteiger partial charge in [0.1, 0.15) is 5.82 Å². The summed E-state index contributed by atoms with van der Waals surface area (Å²) in [5, 5.41) is 6.24. The molecule has 1 aromatic heterocycles. The van der Waals surface area contributed by atoms with Crippen molar-refractivity contribution in [3.05, 3.63) is 17.6 Å². The summed E-state index contributed by atoms with van der Waals surface area (Å²) in [6.07, 6.45) is 1.66. The molecule has 1 fully saturated rings. The van der Waals surface area contributed by atoms with Gasteiger partial charge in [0, 0.05) is 26.2 Å². The molecule has 0 atom stereocenters. The van der Waals surface area contributed by atoms with E-state index in [0.717, 1.165) is 37.6 Å². The third-order valence-electron chi connectivity index (χ3n) is 3.08. The van der Waals surface area contributed by atoms with Crippen LogP contribution in [0.5, 0.6) is 0 Å². The molecule has 1 aliphatic rings. The third kappa shape index (κ3) is 3.16. The number of aromatic nitrogens is 2. The van der Waals surface area contributed by atoms with Gasteiger partial charge in [-0.2, -0.15) is 0 Å². The second-order valence-electron chi connectivity index (χ2n) is 4.41. The van der Waals surface area contributed by atoms with Gasteiger partial charge in [-0.1, -0.05) is 0 Å². The molecule has 0 saturated carbocycles. The minimum Gasteiger partial charge on any atom is -0.360 e. The van der Waals surface area contributed by atoms with Crippen LogP contribution in [0.2, 0.25) is 0 Å². The molecule has 1 aliphatic heterocycles. The highest BCUT2D eigenvalue weighted by atomic mass is 16.2. The van der Waals surface area contributed by atoms with Gasteiger partial charge in [-0.3, -0.25) is 9.78 Å². The highest BCUT2D eigenvalue weighted by Crippen LogP contribution is 2.05. The number of aryl methyl sites for hydroxylation is 2. The van der Waals surface area contributed by atoms with Gasteiger partial charge in [-0.25, -0.2) is 4.98 Å². The summed E-state index contributed by atoms with van der Waals surface area (Å²) < 4.78 is 0. The molecular formula is C12H19N5O. The summed E-state index contributed by atoms with van der Waals surface area (Å²) in [6.45, 7) is 7.39. The molecular weight excluding hydrogens is 230 g/mol. The zero-order chi connectivity index (χ0) is 13.0. The van der Waals surface area contributed by atoms with E-state index in [0.29, 0.717) is 5.82 Å². The van der Waals surface area contributed by atoms with Crippen LogP contribution >= 0.6 is 0 Å². The van der Waals surface area contributed by atoms with E-state index in [4.69, 9.17) is 0 Å². The summed E-state index contributed by atoms with van der Waals surface area (Å²) in [7, 11) is 0. The Bertz CT molecular complexity index is 428. The molecule has 0 unspecified atom stereocenters. The maximum Gasteiger partial charge on any atom is 0.242 e. The molecule has 0 radical (unpaired) electrons. The van der Waals surface area contributed by atoms with Crippen LogP contribution in [0.4, 0.5) is 5.82 Å². The van der Waals surface area contributed by atoms with Crippen molar-refractivity contribution in [3.8, 4) is 0 Å². The molecule has 0 aliphatic carbocycles. The smallest absolute Gasteiger partial charge is 0.242 e. The lowest BCUT2D eigenvalue weighted by Crippen LogP contribution is -2.48. The van der Waals surface area contributed by atoms with E-state index in [1.165, 1.54) is 0 Å². The van der Waals surface area contributed by atoms with Crippen LogP contribution in [0.3, 0.4) is 0 Å². The first-order chi connectivity index (χ1) is 8.66. The molecule has 1 amide bonds. The molecule has 0 spiro atoms. The molecule has 1 saturated heterocycles. The van der Waals surface area contributed by atoms with Gasteiger partial charge in [0.2, 0.25) is 5.91 Å². The van der Waals surface area contributed by atoms with Crippen molar-refractivity contribution in [1.82, 2.24) is 20.2 Å². The summed E-state index contributed by atoms with van der Waals surface area (Å²) in [4.78, 5) is 22.3. The van der Waals surface area contributed by atoms with Crippen molar-refractivity contribution in [2.24, 2.45) is 0 Å². The van der Waals surface area contributed by atoms with Gasteiger partial charge in [-0.05, 0) is 13.8 Å². The number of hydrogen-bond acceptors (Lipinski definition) is 5. The summed E-state index contributed by atoms with van der Waals surface area (Å²) >= 11 is 0. The summed E-state index contributed by atoms with van der Waals surface area (Å²) in [5.41, 5.74) is 1.80. The molecule has 0 bridgehead atoms. The van der Waals surface area contributed by atoms with Gasteiger partial charge in [0.15, 0.2) is 0 Å². The van der Waals surface area contributed by atoms with Crippen molar-refractivity contribution in [2.45, 2.75) is 13.8 Å². The first kappa shape index (κ1) is 12.8. The zero-order valence-corrected chi connectivity index (χ0v) is 10.9. The van der Waals surface area contributed by atoms with Crippen LogP contribution in [0, 0.1) is 13.8 Å². The fourth-order valence-electron chi connectivity index (χ4n) is 1.82. The maximum absolute atomic E-state index is 11.9. The lowest BCUT2D eigenvalue weighted by Gasteiger charge is -2.27. The number of carbonyl (C=O) groups is 1. The van der Waals surface area contributed by atoms with Gasteiger partial charge in [0.25, 0.3) is 0 Å². The first-order valence-corrected chi connectivity index (χ1v) is 6.19. The second kappa shape index (κ2) is 5.77. The SMILES string of the molecule is Cc1ncc(NCC(=O)N2CCNCC2)nc1C. The molecule has 2 N–H and O–H groups in total. The van der Waals surface area contributed by atoms with E-state index < -0.39 is 0 Å². The Morgan fingerprint density at radius 1 is 1.39 bits per heavy atom. The van der Waals surface area contributed by atoms with E-state index in [2.05, 4.69) is 20.6 Å². The van der Waals surface area contributed by atoms with Crippen LogP contribution in [-0.4, -0.2) is 53.5 Å². The standard InChI is InChI=1S/C12H19N5O/c1-9-10(2)16-11(7-14-9)15-8-12(18)17-5-3-13-4-6-17/h7,13H,3-6,8H2,1-2H3,(H,15,16). The number of rotatable bonds is 3. The van der Waals surface area contributed by atoms with Crippen LogP contribution in [0.25, 0.3) is 0 Å². The van der Waals surface area contributed by atoms with Crippen molar-refractivity contribution in [3.63, 3.8) is 0 Å². The van der Waals surface area contributed by atoms with Crippen LogP contribution in [-0.2, 0) is 4.79 Å². The Morgan fingerprint density at radius 3 is 2.78 bits per heavy atom. The fourth-order valence-corrected chi connectivity index (χ4v) is 1.82. The Hall–Kier alpha value is -1.69. The normalized spacial score (nSPS) is 15.6. The van der Waals surface area contributed by atoms with Gasteiger partial charge in [0.05, 0.1) is 24.1 Å². The quantitative estimate of drug-likeness (QED) is 0.785. The van der Waals surface area contributed by atoms with Crippen molar-refractivity contribution >= 4 is 11.7 Å². The number of piperazine rings is 1. The first-order valence-electron chi connectivity index (χ1n) is 6.19. The second-order valence-corrected chi connectivity index (χ2v) is 4.41. The van der Waals surface area contributed by atoms with E-state index in [1.807, 2.05) is 18.7 Å². The highest BCUT2D eigenvalue weighted by Gasteiger charge is 2.15. The van der Waals surface area contributed by atoms with Crippen molar-refractivity contribution in [1.29, 1.82) is 0 Å². The molecule has 98 valence electrons. The molecule has 18 heavy (non-hydrogen) atoms. The Labute approximate surface area is 107 Å². The van der Waals surface area contributed by atoms with Crippen molar-refractivity contribution < 1.29 is 4.79 Å². The Balaban J connectivity index is 1.86.